The molecule has 6 aromatic rings. The monoisotopic (exact) mass is 405 g/mol. The second kappa shape index (κ2) is 6.54. The average molecular weight is 406 g/mol. The summed E-state index contributed by atoms with van der Waals surface area (Å²) in [6.07, 6.45) is 0. The average Bonchev–Trinajstić information content (AvgIpc) is 3.34. The summed E-state index contributed by atoms with van der Waals surface area (Å²) in [5, 5.41) is 2.27. The minimum Gasteiger partial charge on any atom is -0.455 e. The summed E-state index contributed by atoms with van der Waals surface area (Å²) in [6, 6.07) is 27.5. The molecule has 0 amide bonds. The Morgan fingerprint density at radius 1 is 0.767 bits per heavy atom. The van der Waals surface area contributed by atoms with Crippen molar-refractivity contribution in [3.8, 4) is 21.7 Å². The molecule has 2 nitrogen and oxygen atoms in total. The summed E-state index contributed by atoms with van der Waals surface area (Å²) in [4.78, 5) is 6.29. The van der Waals surface area contributed by atoms with Crippen LogP contribution in [0.5, 0.6) is 0 Å². The first-order valence-corrected chi connectivity index (χ1v) is 10.9. The molecule has 6 rings (SSSR count). The summed E-state index contributed by atoms with van der Waals surface area (Å²) in [5.41, 5.74) is 8.74. The van der Waals surface area contributed by atoms with E-state index in [-0.39, 0.29) is 0 Å². The molecule has 0 saturated heterocycles. The molecule has 3 aromatic carbocycles. The number of benzene rings is 3. The van der Waals surface area contributed by atoms with Gasteiger partial charge in [0.1, 0.15) is 11.2 Å². The molecule has 3 heteroatoms. The lowest BCUT2D eigenvalue weighted by molar-refractivity contribution is 0.670. The molecule has 0 atom stereocenters. The van der Waals surface area contributed by atoms with Crippen LogP contribution in [0.2, 0.25) is 0 Å². The van der Waals surface area contributed by atoms with Crippen molar-refractivity contribution in [3.05, 3.63) is 90.0 Å². The lowest BCUT2D eigenvalue weighted by Gasteiger charge is -2.06. The van der Waals surface area contributed by atoms with Gasteiger partial charge in [0.15, 0.2) is 0 Å². The number of hydrogen-bond donors (Lipinski definition) is 0. The molecule has 0 N–H and O–H groups in total. The van der Waals surface area contributed by atoms with Crippen molar-refractivity contribution in [1.29, 1.82) is 0 Å². The zero-order valence-corrected chi connectivity index (χ0v) is 17.6. The molecule has 3 aromatic heterocycles. The van der Waals surface area contributed by atoms with E-state index in [0.717, 1.165) is 38.7 Å². The molecule has 144 valence electrons. The third kappa shape index (κ3) is 2.59. The van der Waals surface area contributed by atoms with E-state index in [2.05, 4.69) is 80.6 Å². The van der Waals surface area contributed by atoms with Gasteiger partial charge in [-0.1, -0.05) is 48.5 Å². The lowest BCUT2D eigenvalue weighted by Crippen LogP contribution is -1.85. The SMILES string of the molecule is Cc1cccc(C)c1-c1cc2nc(-c3cccc4c3oc3ccccc34)ccc2s1. The number of aryl methyl sites for hydroxylation is 2. The Labute approximate surface area is 178 Å². The minimum absolute atomic E-state index is 0.899. The third-order valence-electron chi connectivity index (χ3n) is 5.78. The summed E-state index contributed by atoms with van der Waals surface area (Å²) >= 11 is 1.80. The Hall–Kier alpha value is -3.43. The van der Waals surface area contributed by atoms with Gasteiger partial charge < -0.3 is 4.42 Å². The zero-order chi connectivity index (χ0) is 20.2. The van der Waals surface area contributed by atoms with Crippen molar-refractivity contribution in [2.45, 2.75) is 13.8 Å². The molecule has 0 aliphatic rings. The van der Waals surface area contributed by atoms with Crippen molar-refractivity contribution >= 4 is 43.5 Å². The van der Waals surface area contributed by atoms with Crippen LogP contribution in [0.1, 0.15) is 11.1 Å². The Bertz CT molecular complexity index is 1550. The number of furan rings is 1. The van der Waals surface area contributed by atoms with Gasteiger partial charge in [0, 0.05) is 21.2 Å². The van der Waals surface area contributed by atoms with E-state index in [4.69, 9.17) is 9.40 Å². The molecule has 0 aliphatic carbocycles. The van der Waals surface area contributed by atoms with Crippen LogP contribution < -0.4 is 0 Å². The maximum atomic E-state index is 6.22. The van der Waals surface area contributed by atoms with Gasteiger partial charge in [-0.25, -0.2) is 4.98 Å². The normalized spacial score (nSPS) is 11.7. The highest BCUT2D eigenvalue weighted by Crippen LogP contribution is 2.39. The van der Waals surface area contributed by atoms with Crippen molar-refractivity contribution < 1.29 is 4.42 Å². The van der Waals surface area contributed by atoms with E-state index in [0.29, 0.717) is 0 Å². The number of pyridine rings is 1. The van der Waals surface area contributed by atoms with Crippen LogP contribution in [0.3, 0.4) is 0 Å². The highest BCUT2D eigenvalue weighted by molar-refractivity contribution is 7.22. The molecule has 0 bridgehead atoms. The lowest BCUT2D eigenvalue weighted by atomic mass is 10.0. The maximum Gasteiger partial charge on any atom is 0.144 e. The van der Waals surface area contributed by atoms with Crippen LogP contribution >= 0.6 is 11.3 Å². The molecule has 0 spiro atoms. The van der Waals surface area contributed by atoms with Crippen LogP contribution in [-0.2, 0) is 0 Å². The van der Waals surface area contributed by atoms with E-state index >= 15 is 0 Å². The fourth-order valence-electron chi connectivity index (χ4n) is 4.35. The standard InChI is InChI=1S/C27H19NOS/c1-16-7-5-8-17(2)26(16)25-15-22-24(30-25)14-13-21(28-22)20-11-6-10-19-18-9-3-4-12-23(18)29-27(19)20/h3-15H,1-2H3. The van der Waals surface area contributed by atoms with Crippen molar-refractivity contribution in [1.82, 2.24) is 4.98 Å². The molecule has 0 aliphatic heterocycles. The van der Waals surface area contributed by atoms with Gasteiger partial charge in [-0.3, -0.25) is 0 Å². The third-order valence-corrected chi connectivity index (χ3v) is 6.89. The number of rotatable bonds is 2. The number of para-hydroxylation sites is 2. The predicted molar refractivity (Wildman–Crippen MR) is 127 cm³/mol. The Morgan fingerprint density at radius 2 is 1.53 bits per heavy atom. The number of hydrogen-bond acceptors (Lipinski definition) is 3. The van der Waals surface area contributed by atoms with E-state index < -0.39 is 0 Å². The second-order valence-electron chi connectivity index (χ2n) is 7.74. The van der Waals surface area contributed by atoms with E-state index in [9.17, 15) is 0 Å². The zero-order valence-electron chi connectivity index (χ0n) is 16.8. The molecule has 0 saturated carbocycles. The molecule has 0 fully saturated rings. The van der Waals surface area contributed by atoms with Crippen LogP contribution in [0.4, 0.5) is 0 Å². The number of thiophene rings is 1. The summed E-state index contributed by atoms with van der Waals surface area (Å²) in [5.74, 6) is 0. The van der Waals surface area contributed by atoms with Crippen molar-refractivity contribution in [2.24, 2.45) is 0 Å². The number of fused-ring (bicyclic) bond motifs is 4. The fraction of sp³-hybridized carbons (Fsp3) is 0.0741. The number of aromatic nitrogens is 1. The van der Waals surface area contributed by atoms with Crippen LogP contribution in [0.15, 0.2) is 83.3 Å². The second-order valence-corrected chi connectivity index (χ2v) is 8.82. The first-order valence-electron chi connectivity index (χ1n) is 10.1. The summed E-state index contributed by atoms with van der Waals surface area (Å²) in [7, 11) is 0. The molecule has 30 heavy (non-hydrogen) atoms. The number of nitrogens with zero attached hydrogens (tertiary/aromatic N) is 1. The topological polar surface area (TPSA) is 26.0 Å². The largest absolute Gasteiger partial charge is 0.455 e. The van der Waals surface area contributed by atoms with E-state index in [1.165, 1.54) is 26.3 Å². The summed E-state index contributed by atoms with van der Waals surface area (Å²) in [6.45, 7) is 4.35. The molecule has 3 heterocycles. The Balaban J connectivity index is 1.54. The van der Waals surface area contributed by atoms with Gasteiger partial charge in [0.05, 0.1) is 15.9 Å². The molecule has 0 unspecified atom stereocenters. The fourth-order valence-corrected chi connectivity index (χ4v) is 5.53. The summed E-state index contributed by atoms with van der Waals surface area (Å²) < 4.78 is 7.42. The predicted octanol–water partition coefficient (Wildman–Crippen LogP) is 8.15. The highest BCUT2D eigenvalue weighted by atomic mass is 32.1. The van der Waals surface area contributed by atoms with Gasteiger partial charge >= 0.3 is 0 Å². The van der Waals surface area contributed by atoms with Crippen LogP contribution in [-0.4, -0.2) is 4.98 Å². The maximum absolute atomic E-state index is 6.22. The molecule has 0 radical (unpaired) electrons. The quantitative estimate of drug-likeness (QED) is 0.290. The van der Waals surface area contributed by atoms with E-state index in [1.807, 2.05) is 12.1 Å². The Morgan fingerprint density at radius 3 is 2.40 bits per heavy atom. The van der Waals surface area contributed by atoms with Crippen molar-refractivity contribution in [3.63, 3.8) is 0 Å². The molecular weight excluding hydrogens is 386 g/mol. The molecular formula is C27H19NOS. The van der Waals surface area contributed by atoms with Crippen LogP contribution in [0, 0.1) is 13.8 Å². The minimum atomic E-state index is 0.899. The highest BCUT2D eigenvalue weighted by Gasteiger charge is 2.15. The van der Waals surface area contributed by atoms with Gasteiger partial charge in [-0.05, 0) is 60.9 Å². The Kier molecular flexibility index (Phi) is 3.80. The smallest absolute Gasteiger partial charge is 0.144 e. The first-order chi connectivity index (χ1) is 14.7. The van der Waals surface area contributed by atoms with Gasteiger partial charge in [0.25, 0.3) is 0 Å². The first kappa shape index (κ1) is 17.4. The van der Waals surface area contributed by atoms with E-state index in [1.54, 1.807) is 11.3 Å². The van der Waals surface area contributed by atoms with Crippen LogP contribution in [0.25, 0.3) is 53.9 Å². The van der Waals surface area contributed by atoms with Crippen molar-refractivity contribution in [2.75, 3.05) is 0 Å². The van der Waals surface area contributed by atoms with Gasteiger partial charge in [-0.2, -0.15) is 0 Å². The van der Waals surface area contributed by atoms with Gasteiger partial charge in [0.2, 0.25) is 0 Å². The van der Waals surface area contributed by atoms with Gasteiger partial charge in [-0.15, -0.1) is 11.3 Å².